The molecule has 1 saturated heterocycles. The SMILES string of the molecule is COc1ccc(/C(=C2\CN3CCCCCC3=N2)c2ccc(Cl)cc2)cc1. The molecule has 2 aromatic carbocycles. The van der Waals surface area contributed by atoms with Gasteiger partial charge in [-0.2, -0.15) is 0 Å². The number of rotatable bonds is 3. The summed E-state index contributed by atoms with van der Waals surface area (Å²) in [4.78, 5) is 7.49. The summed E-state index contributed by atoms with van der Waals surface area (Å²) in [7, 11) is 1.69. The fourth-order valence-electron chi connectivity index (χ4n) is 3.73. The smallest absolute Gasteiger partial charge is 0.118 e. The Bertz CT molecular complexity index is 837. The number of hydrogen-bond acceptors (Lipinski definition) is 3. The topological polar surface area (TPSA) is 24.8 Å². The van der Waals surface area contributed by atoms with E-state index < -0.39 is 0 Å². The molecule has 2 heterocycles. The van der Waals surface area contributed by atoms with Crippen molar-refractivity contribution in [2.75, 3.05) is 20.2 Å². The maximum atomic E-state index is 6.11. The Morgan fingerprint density at radius 2 is 1.65 bits per heavy atom. The van der Waals surface area contributed by atoms with Gasteiger partial charge in [-0.15, -0.1) is 0 Å². The van der Waals surface area contributed by atoms with Crippen LogP contribution in [0.15, 0.2) is 59.2 Å². The highest BCUT2D eigenvalue weighted by atomic mass is 35.5. The Morgan fingerprint density at radius 1 is 0.962 bits per heavy atom. The minimum absolute atomic E-state index is 0.750. The molecule has 0 radical (unpaired) electrons. The average Bonchev–Trinajstić information content (AvgIpc) is 2.94. The largest absolute Gasteiger partial charge is 0.497 e. The Labute approximate surface area is 160 Å². The van der Waals surface area contributed by atoms with E-state index in [0.717, 1.165) is 47.1 Å². The third kappa shape index (κ3) is 3.49. The first-order valence-corrected chi connectivity index (χ1v) is 9.58. The summed E-state index contributed by atoms with van der Waals surface area (Å²) in [6.07, 6.45) is 4.88. The van der Waals surface area contributed by atoms with Crippen LogP contribution in [0.2, 0.25) is 5.02 Å². The summed E-state index contributed by atoms with van der Waals surface area (Å²) in [5, 5.41) is 0.750. The van der Waals surface area contributed by atoms with Crippen molar-refractivity contribution in [3.05, 3.63) is 70.4 Å². The highest BCUT2D eigenvalue weighted by molar-refractivity contribution is 6.30. The van der Waals surface area contributed by atoms with Gasteiger partial charge in [0.25, 0.3) is 0 Å². The van der Waals surface area contributed by atoms with E-state index in [-0.39, 0.29) is 0 Å². The van der Waals surface area contributed by atoms with Crippen LogP contribution in [0.1, 0.15) is 36.8 Å². The molecule has 0 amide bonds. The van der Waals surface area contributed by atoms with Crippen molar-refractivity contribution in [3.63, 3.8) is 0 Å². The minimum Gasteiger partial charge on any atom is -0.497 e. The van der Waals surface area contributed by atoms with Crippen molar-refractivity contribution in [2.45, 2.75) is 25.7 Å². The first kappa shape index (κ1) is 17.2. The van der Waals surface area contributed by atoms with E-state index in [4.69, 9.17) is 21.3 Å². The van der Waals surface area contributed by atoms with E-state index in [2.05, 4.69) is 29.2 Å². The Hall–Kier alpha value is -2.26. The maximum absolute atomic E-state index is 6.11. The second-order valence-electron chi connectivity index (χ2n) is 6.82. The summed E-state index contributed by atoms with van der Waals surface area (Å²) in [5.41, 5.74) is 4.64. The molecule has 0 unspecified atom stereocenters. The number of aliphatic imine (C=N–C) groups is 1. The Balaban J connectivity index is 1.81. The lowest BCUT2D eigenvalue weighted by Gasteiger charge is -2.17. The lowest BCUT2D eigenvalue weighted by Crippen LogP contribution is -2.26. The zero-order valence-corrected chi connectivity index (χ0v) is 15.8. The van der Waals surface area contributed by atoms with Gasteiger partial charge in [-0.1, -0.05) is 42.3 Å². The highest BCUT2D eigenvalue weighted by Crippen LogP contribution is 2.33. The lowest BCUT2D eigenvalue weighted by molar-refractivity contribution is 0.415. The van der Waals surface area contributed by atoms with Crippen LogP contribution in [0.25, 0.3) is 5.57 Å². The molecular formula is C22H23ClN2O. The van der Waals surface area contributed by atoms with Crippen molar-refractivity contribution in [1.82, 2.24) is 4.90 Å². The number of ether oxygens (including phenoxy) is 1. The quantitative estimate of drug-likeness (QED) is 0.726. The predicted molar refractivity (Wildman–Crippen MR) is 108 cm³/mol. The molecule has 2 aromatic rings. The van der Waals surface area contributed by atoms with Gasteiger partial charge in [0.1, 0.15) is 11.6 Å². The summed E-state index contributed by atoms with van der Waals surface area (Å²) >= 11 is 6.11. The standard InChI is InChI=1S/C22H23ClN2O/c1-26-19-12-8-17(9-13-19)22(16-6-10-18(23)11-7-16)20-15-25-14-4-2-3-5-21(25)24-20/h6-13H,2-5,14-15H2,1H3/b22-20+. The molecule has 0 N–H and O–H groups in total. The van der Waals surface area contributed by atoms with Crippen LogP contribution in [0, 0.1) is 0 Å². The van der Waals surface area contributed by atoms with Gasteiger partial charge in [0.15, 0.2) is 0 Å². The van der Waals surface area contributed by atoms with E-state index >= 15 is 0 Å². The molecule has 0 aromatic heterocycles. The first-order valence-electron chi connectivity index (χ1n) is 9.20. The summed E-state index contributed by atoms with van der Waals surface area (Å²) in [6.45, 7) is 2.00. The van der Waals surface area contributed by atoms with Crippen LogP contribution < -0.4 is 4.74 Å². The molecule has 0 spiro atoms. The lowest BCUT2D eigenvalue weighted by atomic mass is 9.95. The molecule has 26 heavy (non-hydrogen) atoms. The second-order valence-corrected chi connectivity index (χ2v) is 7.25. The minimum atomic E-state index is 0.750. The number of methoxy groups -OCH3 is 1. The second kappa shape index (κ2) is 7.55. The van der Waals surface area contributed by atoms with E-state index in [1.807, 2.05) is 24.3 Å². The average molecular weight is 367 g/mol. The van der Waals surface area contributed by atoms with Gasteiger partial charge in [0.05, 0.1) is 19.4 Å². The van der Waals surface area contributed by atoms with Gasteiger partial charge < -0.3 is 9.64 Å². The molecule has 0 saturated carbocycles. The Kier molecular flexibility index (Phi) is 4.98. The molecule has 4 rings (SSSR count). The van der Waals surface area contributed by atoms with Gasteiger partial charge in [-0.25, -0.2) is 4.99 Å². The van der Waals surface area contributed by atoms with E-state index in [0.29, 0.717) is 0 Å². The first-order chi connectivity index (χ1) is 12.7. The summed E-state index contributed by atoms with van der Waals surface area (Å²) in [6, 6.07) is 16.3. The van der Waals surface area contributed by atoms with E-state index in [1.165, 1.54) is 30.7 Å². The van der Waals surface area contributed by atoms with Gasteiger partial charge in [0, 0.05) is 23.6 Å². The molecule has 0 aliphatic carbocycles. The zero-order chi connectivity index (χ0) is 17.9. The van der Waals surface area contributed by atoms with Gasteiger partial charge in [0.2, 0.25) is 0 Å². The van der Waals surface area contributed by atoms with Crippen molar-refractivity contribution >= 4 is 23.0 Å². The highest BCUT2D eigenvalue weighted by Gasteiger charge is 2.25. The molecule has 2 aliphatic heterocycles. The molecular weight excluding hydrogens is 344 g/mol. The van der Waals surface area contributed by atoms with E-state index in [1.54, 1.807) is 7.11 Å². The van der Waals surface area contributed by atoms with Gasteiger partial charge in [-0.05, 0) is 48.2 Å². The zero-order valence-electron chi connectivity index (χ0n) is 15.0. The molecule has 3 nitrogen and oxygen atoms in total. The summed E-state index contributed by atoms with van der Waals surface area (Å²) < 4.78 is 5.32. The monoisotopic (exact) mass is 366 g/mol. The van der Waals surface area contributed by atoms with Gasteiger partial charge >= 0.3 is 0 Å². The van der Waals surface area contributed by atoms with Crippen molar-refractivity contribution in [3.8, 4) is 5.75 Å². The fraction of sp³-hybridized carbons (Fsp3) is 0.318. The van der Waals surface area contributed by atoms with Crippen LogP contribution >= 0.6 is 11.6 Å². The predicted octanol–water partition coefficient (Wildman–Crippen LogP) is 5.40. The van der Waals surface area contributed by atoms with Gasteiger partial charge in [-0.3, -0.25) is 0 Å². The Morgan fingerprint density at radius 3 is 2.35 bits per heavy atom. The number of benzene rings is 2. The number of fused-ring (bicyclic) bond motifs is 1. The normalized spacial score (nSPS) is 18.8. The molecule has 1 fully saturated rings. The number of nitrogens with zero attached hydrogens (tertiary/aromatic N) is 2. The van der Waals surface area contributed by atoms with Crippen molar-refractivity contribution < 1.29 is 4.74 Å². The molecule has 4 heteroatoms. The molecule has 134 valence electrons. The molecule has 2 aliphatic rings. The number of amidine groups is 1. The maximum Gasteiger partial charge on any atom is 0.118 e. The van der Waals surface area contributed by atoms with E-state index in [9.17, 15) is 0 Å². The third-order valence-electron chi connectivity index (χ3n) is 5.10. The number of hydrogen-bond donors (Lipinski definition) is 0. The van der Waals surface area contributed by atoms with Crippen LogP contribution in [0.5, 0.6) is 5.75 Å². The van der Waals surface area contributed by atoms with Crippen molar-refractivity contribution in [2.24, 2.45) is 4.99 Å². The fourth-order valence-corrected chi connectivity index (χ4v) is 3.85. The van der Waals surface area contributed by atoms with Crippen LogP contribution in [-0.2, 0) is 0 Å². The summed E-state index contributed by atoms with van der Waals surface area (Å²) in [5.74, 6) is 2.11. The van der Waals surface area contributed by atoms with Crippen molar-refractivity contribution in [1.29, 1.82) is 0 Å². The molecule has 0 bridgehead atoms. The number of halogens is 1. The van der Waals surface area contributed by atoms with Crippen LogP contribution in [0.3, 0.4) is 0 Å². The van der Waals surface area contributed by atoms with Crippen LogP contribution in [0.4, 0.5) is 0 Å². The van der Waals surface area contributed by atoms with Crippen LogP contribution in [-0.4, -0.2) is 30.9 Å². The third-order valence-corrected chi connectivity index (χ3v) is 5.35. The molecule has 0 atom stereocenters.